The van der Waals surface area contributed by atoms with E-state index in [2.05, 4.69) is 69.4 Å². The Balaban J connectivity index is 4.23. The van der Waals surface area contributed by atoms with Crippen LogP contribution in [-0.4, -0.2) is 37.9 Å². The molecule has 0 amide bonds. The number of allylic oxidation sites excluding steroid dienone is 8. The molecule has 0 rings (SSSR count). The van der Waals surface area contributed by atoms with E-state index in [4.69, 9.17) is 14.2 Å². The average Bonchev–Trinajstić information content (AvgIpc) is 3.36. The maximum absolute atomic E-state index is 12.9. The summed E-state index contributed by atoms with van der Waals surface area (Å²) in [5, 5.41) is 0. The Bertz CT molecular complexity index is 1150. The molecule has 5 heteroatoms. The summed E-state index contributed by atoms with van der Waals surface area (Å²) >= 11 is 0. The Morgan fingerprint density at radius 2 is 0.643 bits per heavy atom. The third-order valence-electron chi connectivity index (χ3n) is 13.8. The van der Waals surface area contributed by atoms with Gasteiger partial charge in [0.25, 0.3) is 0 Å². The Morgan fingerprint density at radius 1 is 0.329 bits per heavy atom. The highest BCUT2D eigenvalue weighted by Gasteiger charge is 2.17. The van der Waals surface area contributed by atoms with E-state index in [0.717, 1.165) is 70.6 Å². The summed E-state index contributed by atoms with van der Waals surface area (Å²) in [7, 11) is 0. The first-order valence-electron chi connectivity index (χ1n) is 31.2. The van der Waals surface area contributed by atoms with Crippen LogP contribution in [0.3, 0.4) is 0 Å². The lowest BCUT2D eigenvalue weighted by molar-refractivity contribution is -0.163. The standard InChI is InChI=1S/C65H120O5/c1-4-7-10-13-16-19-22-25-28-30-32-34-36-39-42-45-48-51-54-57-60-68-61-63(70-65(67)59-56-53-50-47-44-41-37-27-24-21-18-15-12-9-6-3)62-69-64(66)58-55-52-49-46-43-40-38-35-33-31-29-26-23-20-17-14-11-8-5-2/h9,12,18,21,25,27-28,37,63H,4-8,10-11,13-17,19-20,22-24,26,29-36,38-62H2,1-3H3/b12-9-,21-18-,28-25-,37-27-. The van der Waals surface area contributed by atoms with Crippen LogP contribution in [-0.2, 0) is 23.8 Å². The van der Waals surface area contributed by atoms with E-state index in [1.54, 1.807) is 0 Å². The van der Waals surface area contributed by atoms with Gasteiger partial charge in [-0.1, -0.05) is 288 Å². The molecule has 1 atom stereocenters. The Kier molecular flexibility index (Phi) is 59.3. The van der Waals surface area contributed by atoms with Crippen LogP contribution in [0.15, 0.2) is 48.6 Å². The van der Waals surface area contributed by atoms with Gasteiger partial charge in [-0.15, -0.1) is 0 Å². The second-order valence-electron chi connectivity index (χ2n) is 20.9. The molecule has 0 aromatic carbocycles. The molecule has 1 unspecified atom stereocenters. The number of hydrogen-bond donors (Lipinski definition) is 0. The molecule has 5 nitrogen and oxygen atoms in total. The maximum atomic E-state index is 12.9. The smallest absolute Gasteiger partial charge is 0.306 e. The molecule has 0 saturated carbocycles. The van der Waals surface area contributed by atoms with Crippen molar-refractivity contribution in [1.29, 1.82) is 0 Å². The third-order valence-corrected chi connectivity index (χ3v) is 13.8. The first kappa shape index (κ1) is 67.9. The minimum absolute atomic E-state index is 0.0822. The SMILES string of the molecule is CC/C=C\C/C=C\C/C=C\CCCCCCCC(=O)OC(COCCCCCCCCCCCC/C=C\CCCCCCCC)COC(=O)CCCCCCCCCCCCCCCCCCCCC. The molecule has 0 aromatic rings. The minimum Gasteiger partial charge on any atom is -0.462 e. The predicted octanol–water partition coefficient (Wildman–Crippen LogP) is 21.5. The fourth-order valence-corrected chi connectivity index (χ4v) is 9.23. The van der Waals surface area contributed by atoms with Crippen molar-refractivity contribution >= 4 is 11.9 Å². The second kappa shape index (κ2) is 61.2. The molecule has 0 spiro atoms. The molecule has 0 heterocycles. The molecule has 0 aliphatic rings. The van der Waals surface area contributed by atoms with E-state index in [9.17, 15) is 9.59 Å². The van der Waals surface area contributed by atoms with Crippen molar-refractivity contribution in [3.8, 4) is 0 Å². The number of carbonyl (C=O) groups excluding carboxylic acids is 2. The normalized spacial score (nSPS) is 12.4. The Labute approximate surface area is 437 Å². The number of carbonyl (C=O) groups is 2. The van der Waals surface area contributed by atoms with Crippen LogP contribution in [0, 0.1) is 0 Å². The van der Waals surface area contributed by atoms with Crippen LogP contribution in [0.5, 0.6) is 0 Å². The van der Waals surface area contributed by atoms with E-state index < -0.39 is 6.10 Å². The molecule has 0 saturated heterocycles. The van der Waals surface area contributed by atoms with Crippen LogP contribution in [0.2, 0.25) is 0 Å². The highest BCUT2D eigenvalue weighted by molar-refractivity contribution is 5.70. The molecule has 0 radical (unpaired) electrons. The molecule has 70 heavy (non-hydrogen) atoms. The number of rotatable bonds is 58. The fraction of sp³-hybridized carbons (Fsp3) is 0.846. The van der Waals surface area contributed by atoms with Crippen LogP contribution in [0.4, 0.5) is 0 Å². The van der Waals surface area contributed by atoms with E-state index >= 15 is 0 Å². The number of unbranched alkanes of at least 4 members (excludes halogenated alkanes) is 39. The van der Waals surface area contributed by atoms with Crippen molar-refractivity contribution in [2.75, 3.05) is 19.8 Å². The molecule has 0 bridgehead atoms. The van der Waals surface area contributed by atoms with Crippen LogP contribution in [0.1, 0.15) is 329 Å². The summed E-state index contributed by atoms with van der Waals surface area (Å²) in [6, 6.07) is 0. The van der Waals surface area contributed by atoms with Crippen LogP contribution < -0.4 is 0 Å². The zero-order chi connectivity index (χ0) is 50.6. The van der Waals surface area contributed by atoms with Crippen molar-refractivity contribution < 1.29 is 23.8 Å². The molecule has 0 N–H and O–H groups in total. The predicted molar refractivity (Wildman–Crippen MR) is 307 cm³/mol. The van der Waals surface area contributed by atoms with E-state index in [0.29, 0.717) is 19.4 Å². The van der Waals surface area contributed by atoms with Gasteiger partial charge in [-0.2, -0.15) is 0 Å². The van der Waals surface area contributed by atoms with Gasteiger partial charge in [-0.05, 0) is 77.0 Å². The third kappa shape index (κ3) is 58.4. The Hall–Kier alpha value is -2.14. The van der Waals surface area contributed by atoms with Crippen molar-refractivity contribution in [3.05, 3.63) is 48.6 Å². The summed E-state index contributed by atoms with van der Waals surface area (Å²) < 4.78 is 17.5. The lowest BCUT2D eigenvalue weighted by atomic mass is 10.0. The van der Waals surface area contributed by atoms with Crippen molar-refractivity contribution in [1.82, 2.24) is 0 Å². The van der Waals surface area contributed by atoms with Gasteiger partial charge in [-0.3, -0.25) is 9.59 Å². The summed E-state index contributed by atoms with van der Waals surface area (Å²) in [6.45, 7) is 7.76. The summed E-state index contributed by atoms with van der Waals surface area (Å²) in [5.74, 6) is -0.398. The van der Waals surface area contributed by atoms with Crippen molar-refractivity contribution in [3.63, 3.8) is 0 Å². The molecule has 0 aliphatic heterocycles. The van der Waals surface area contributed by atoms with Crippen LogP contribution in [0.25, 0.3) is 0 Å². The molecule has 0 aromatic heterocycles. The highest BCUT2D eigenvalue weighted by atomic mass is 16.6. The minimum atomic E-state index is -0.544. The zero-order valence-corrected chi connectivity index (χ0v) is 47.3. The van der Waals surface area contributed by atoms with Gasteiger partial charge in [0.05, 0.1) is 6.61 Å². The van der Waals surface area contributed by atoms with Gasteiger partial charge < -0.3 is 14.2 Å². The molecular weight excluding hydrogens is 861 g/mol. The zero-order valence-electron chi connectivity index (χ0n) is 47.3. The van der Waals surface area contributed by atoms with Crippen molar-refractivity contribution in [2.45, 2.75) is 335 Å². The van der Waals surface area contributed by atoms with Crippen LogP contribution >= 0.6 is 0 Å². The number of hydrogen-bond acceptors (Lipinski definition) is 5. The lowest BCUT2D eigenvalue weighted by Gasteiger charge is -2.18. The Morgan fingerprint density at radius 3 is 1.04 bits per heavy atom. The second-order valence-corrected chi connectivity index (χ2v) is 20.9. The van der Waals surface area contributed by atoms with Gasteiger partial charge in [0, 0.05) is 19.4 Å². The topological polar surface area (TPSA) is 61.8 Å². The van der Waals surface area contributed by atoms with E-state index in [1.165, 1.54) is 225 Å². The van der Waals surface area contributed by atoms with Gasteiger partial charge in [0.15, 0.2) is 6.10 Å². The maximum Gasteiger partial charge on any atom is 0.306 e. The molecule has 0 aliphatic carbocycles. The lowest BCUT2D eigenvalue weighted by Crippen LogP contribution is -2.30. The summed E-state index contributed by atoms with van der Waals surface area (Å²) in [6.07, 6.45) is 77.2. The van der Waals surface area contributed by atoms with E-state index in [-0.39, 0.29) is 25.2 Å². The molecular formula is C65H120O5. The molecule has 410 valence electrons. The average molecular weight is 982 g/mol. The number of esters is 2. The fourth-order valence-electron chi connectivity index (χ4n) is 9.23. The van der Waals surface area contributed by atoms with Gasteiger partial charge in [0.1, 0.15) is 6.61 Å². The van der Waals surface area contributed by atoms with Gasteiger partial charge >= 0.3 is 11.9 Å². The first-order valence-corrected chi connectivity index (χ1v) is 31.2. The molecule has 0 fully saturated rings. The van der Waals surface area contributed by atoms with Gasteiger partial charge in [-0.25, -0.2) is 0 Å². The van der Waals surface area contributed by atoms with Crippen molar-refractivity contribution in [2.24, 2.45) is 0 Å². The monoisotopic (exact) mass is 981 g/mol. The summed E-state index contributed by atoms with van der Waals surface area (Å²) in [4.78, 5) is 25.6. The largest absolute Gasteiger partial charge is 0.462 e. The first-order chi connectivity index (χ1) is 34.6. The highest BCUT2D eigenvalue weighted by Crippen LogP contribution is 2.17. The van der Waals surface area contributed by atoms with E-state index in [1.807, 2.05) is 0 Å². The summed E-state index contributed by atoms with van der Waals surface area (Å²) in [5.41, 5.74) is 0. The van der Waals surface area contributed by atoms with Gasteiger partial charge in [0.2, 0.25) is 0 Å². The number of ether oxygens (including phenoxy) is 3. The quantitative estimate of drug-likeness (QED) is 0.0345.